The molecule has 0 aliphatic carbocycles. The van der Waals surface area contributed by atoms with Crippen molar-refractivity contribution in [2.45, 2.75) is 31.8 Å². The standard InChI is InChI=1S/C29H32ClNO7/c1-33-28-13-24-26(14-29(28)37-10-2-9-36-23-17-35-18-23)31-8-7-27(24)38-22-6-4-20(25(30)12-22)11-21(32)5-3-19-15-34-16-19/h4,6-8,12-14,19,23H,2-3,5,9-11,15-18H2,1H3. The van der Waals surface area contributed by atoms with Gasteiger partial charge in [0.15, 0.2) is 11.5 Å². The molecule has 3 aromatic rings. The Balaban J connectivity index is 1.22. The zero-order chi connectivity index (χ0) is 26.3. The van der Waals surface area contributed by atoms with E-state index in [0.717, 1.165) is 37.0 Å². The molecule has 1 aromatic heterocycles. The Morgan fingerprint density at radius 1 is 1.03 bits per heavy atom. The third-order valence-corrected chi connectivity index (χ3v) is 7.02. The van der Waals surface area contributed by atoms with E-state index in [1.807, 2.05) is 24.3 Å². The Morgan fingerprint density at radius 2 is 1.87 bits per heavy atom. The second kappa shape index (κ2) is 12.8. The fourth-order valence-electron chi connectivity index (χ4n) is 4.27. The summed E-state index contributed by atoms with van der Waals surface area (Å²) in [5, 5.41) is 1.28. The van der Waals surface area contributed by atoms with E-state index in [1.54, 1.807) is 25.4 Å². The topological polar surface area (TPSA) is 85.3 Å². The van der Waals surface area contributed by atoms with Gasteiger partial charge in [0.25, 0.3) is 0 Å². The van der Waals surface area contributed by atoms with Crippen molar-refractivity contribution >= 4 is 28.3 Å². The fourth-order valence-corrected chi connectivity index (χ4v) is 4.51. The van der Waals surface area contributed by atoms with Gasteiger partial charge in [-0.2, -0.15) is 0 Å². The minimum Gasteiger partial charge on any atom is -0.493 e. The van der Waals surface area contributed by atoms with E-state index in [1.165, 1.54) is 0 Å². The number of ketones is 1. The van der Waals surface area contributed by atoms with Gasteiger partial charge >= 0.3 is 0 Å². The van der Waals surface area contributed by atoms with Crippen LogP contribution in [0.4, 0.5) is 0 Å². The van der Waals surface area contributed by atoms with Crippen LogP contribution < -0.4 is 14.2 Å². The van der Waals surface area contributed by atoms with Crippen molar-refractivity contribution in [2.75, 3.05) is 46.8 Å². The highest BCUT2D eigenvalue weighted by Crippen LogP contribution is 2.37. The highest BCUT2D eigenvalue weighted by atomic mass is 35.5. The minimum absolute atomic E-state index is 0.179. The predicted molar refractivity (Wildman–Crippen MR) is 143 cm³/mol. The number of carbonyl (C=O) groups is 1. The molecule has 2 aromatic carbocycles. The first-order valence-corrected chi connectivity index (χ1v) is 13.3. The number of hydrogen-bond acceptors (Lipinski definition) is 8. The third-order valence-electron chi connectivity index (χ3n) is 6.67. The molecule has 2 fully saturated rings. The van der Waals surface area contributed by atoms with E-state index in [9.17, 15) is 4.79 Å². The zero-order valence-corrected chi connectivity index (χ0v) is 22.2. The van der Waals surface area contributed by atoms with Gasteiger partial charge in [-0.1, -0.05) is 17.7 Å². The third kappa shape index (κ3) is 6.74. The molecule has 5 rings (SSSR count). The van der Waals surface area contributed by atoms with Crippen LogP contribution in [0.1, 0.15) is 24.8 Å². The quantitative estimate of drug-likeness (QED) is 0.250. The van der Waals surface area contributed by atoms with Crippen LogP contribution in [-0.2, 0) is 25.4 Å². The molecule has 38 heavy (non-hydrogen) atoms. The minimum atomic E-state index is 0.179. The smallest absolute Gasteiger partial charge is 0.163 e. The molecule has 0 N–H and O–H groups in total. The number of pyridine rings is 1. The summed E-state index contributed by atoms with van der Waals surface area (Å²) in [5.41, 5.74) is 1.51. The zero-order valence-electron chi connectivity index (χ0n) is 21.5. The average Bonchev–Trinajstić information content (AvgIpc) is 2.85. The van der Waals surface area contributed by atoms with Crippen molar-refractivity contribution in [3.63, 3.8) is 0 Å². The van der Waals surface area contributed by atoms with Crippen LogP contribution in [-0.4, -0.2) is 63.6 Å². The van der Waals surface area contributed by atoms with Crippen LogP contribution in [0.5, 0.6) is 23.0 Å². The van der Waals surface area contributed by atoms with Crippen LogP contribution in [0.15, 0.2) is 42.6 Å². The number of aromatic nitrogens is 1. The number of Topliss-reactive ketones (excluding diaryl/α,β-unsaturated/α-hetero) is 1. The summed E-state index contributed by atoms with van der Waals surface area (Å²) in [5.74, 6) is 3.06. The summed E-state index contributed by atoms with van der Waals surface area (Å²) in [7, 11) is 1.60. The van der Waals surface area contributed by atoms with Crippen LogP contribution in [0.2, 0.25) is 5.02 Å². The molecular formula is C29H32ClNO7. The van der Waals surface area contributed by atoms with Gasteiger partial charge in [-0.05, 0) is 36.2 Å². The number of benzene rings is 2. The number of carbonyl (C=O) groups excluding carboxylic acids is 1. The number of hydrogen-bond donors (Lipinski definition) is 0. The van der Waals surface area contributed by atoms with Gasteiger partial charge in [0, 0.05) is 47.9 Å². The molecular weight excluding hydrogens is 510 g/mol. The lowest BCUT2D eigenvalue weighted by molar-refractivity contribution is -0.130. The van der Waals surface area contributed by atoms with Crippen molar-refractivity contribution in [1.29, 1.82) is 0 Å². The molecule has 0 spiro atoms. The maximum atomic E-state index is 12.4. The van der Waals surface area contributed by atoms with E-state index < -0.39 is 0 Å². The number of methoxy groups -OCH3 is 1. The van der Waals surface area contributed by atoms with Crippen LogP contribution in [0, 0.1) is 5.92 Å². The lowest BCUT2D eigenvalue weighted by Crippen LogP contribution is -2.36. The normalized spacial score (nSPS) is 15.6. The molecule has 0 unspecified atom stereocenters. The Labute approximate surface area is 227 Å². The van der Waals surface area contributed by atoms with Gasteiger partial charge < -0.3 is 28.4 Å². The first kappa shape index (κ1) is 26.7. The second-order valence-corrected chi connectivity index (χ2v) is 9.98. The van der Waals surface area contributed by atoms with Crippen molar-refractivity contribution in [3.05, 3.63) is 53.2 Å². The van der Waals surface area contributed by atoms with Crippen LogP contribution in [0.25, 0.3) is 10.9 Å². The van der Waals surface area contributed by atoms with Crippen LogP contribution in [0.3, 0.4) is 0 Å². The summed E-state index contributed by atoms with van der Waals surface area (Å²) in [6, 6.07) is 10.9. The number of ether oxygens (including phenoxy) is 6. The molecule has 0 saturated carbocycles. The van der Waals surface area contributed by atoms with Crippen molar-refractivity contribution < 1.29 is 33.2 Å². The Bertz CT molecular complexity index is 1260. The molecule has 0 bridgehead atoms. The van der Waals surface area contributed by atoms with Crippen molar-refractivity contribution in [2.24, 2.45) is 5.92 Å². The molecule has 3 heterocycles. The van der Waals surface area contributed by atoms with Gasteiger partial charge in [0.05, 0.1) is 52.3 Å². The van der Waals surface area contributed by atoms with Gasteiger partial charge in [0.1, 0.15) is 23.4 Å². The molecule has 2 aliphatic rings. The van der Waals surface area contributed by atoms with Gasteiger partial charge in [-0.15, -0.1) is 0 Å². The van der Waals surface area contributed by atoms with Gasteiger partial charge in [-0.25, -0.2) is 0 Å². The Hall–Kier alpha value is -2.91. The summed E-state index contributed by atoms with van der Waals surface area (Å²) in [4.78, 5) is 16.9. The molecule has 202 valence electrons. The average molecular weight is 542 g/mol. The Morgan fingerprint density at radius 3 is 2.58 bits per heavy atom. The van der Waals surface area contributed by atoms with E-state index in [0.29, 0.717) is 78.7 Å². The largest absolute Gasteiger partial charge is 0.493 e. The summed E-state index contributed by atoms with van der Waals surface area (Å²) in [6.45, 7) is 3.97. The highest BCUT2D eigenvalue weighted by molar-refractivity contribution is 6.31. The highest BCUT2D eigenvalue weighted by Gasteiger charge is 2.20. The monoisotopic (exact) mass is 541 g/mol. The molecule has 2 saturated heterocycles. The summed E-state index contributed by atoms with van der Waals surface area (Å²) < 4.78 is 33.7. The number of rotatable bonds is 14. The SMILES string of the molecule is COc1cc2c(Oc3ccc(CC(=O)CCC4COC4)c(Cl)c3)ccnc2cc1OCCCOC1COC1. The van der Waals surface area contributed by atoms with Gasteiger partial charge in [-0.3, -0.25) is 9.78 Å². The number of nitrogens with zero attached hydrogens (tertiary/aromatic N) is 1. The number of fused-ring (bicyclic) bond motifs is 1. The van der Waals surface area contributed by atoms with E-state index in [4.69, 9.17) is 40.0 Å². The fraction of sp³-hybridized carbons (Fsp3) is 0.448. The molecule has 9 heteroatoms. The molecule has 8 nitrogen and oxygen atoms in total. The van der Waals surface area contributed by atoms with Crippen molar-refractivity contribution in [1.82, 2.24) is 4.98 Å². The lowest BCUT2D eigenvalue weighted by atomic mass is 9.97. The Kier molecular flexibility index (Phi) is 8.96. The van der Waals surface area contributed by atoms with E-state index in [2.05, 4.69) is 4.98 Å². The molecule has 0 atom stereocenters. The maximum absolute atomic E-state index is 12.4. The van der Waals surface area contributed by atoms with Crippen molar-refractivity contribution in [3.8, 4) is 23.0 Å². The van der Waals surface area contributed by atoms with Crippen LogP contribution >= 0.6 is 11.6 Å². The summed E-state index contributed by atoms with van der Waals surface area (Å²) in [6.07, 6.45) is 4.37. The number of halogens is 1. The lowest BCUT2D eigenvalue weighted by Gasteiger charge is -2.25. The first-order valence-electron chi connectivity index (χ1n) is 12.9. The second-order valence-electron chi connectivity index (χ2n) is 9.57. The first-order chi connectivity index (χ1) is 18.6. The summed E-state index contributed by atoms with van der Waals surface area (Å²) >= 11 is 6.51. The van der Waals surface area contributed by atoms with Gasteiger partial charge in [0.2, 0.25) is 0 Å². The molecule has 0 amide bonds. The van der Waals surface area contributed by atoms with E-state index in [-0.39, 0.29) is 11.9 Å². The molecule has 2 aliphatic heterocycles. The predicted octanol–water partition coefficient (Wildman–Crippen LogP) is 5.41. The maximum Gasteiger partial charge on any atom is 0.163 e. The van der Waals surface area contributed by atoms with E-state index >= 15 is 0 Å². The molecule has 0 radical (unpaired) electrons.